The van der Waals surface area contributed by atoms with Gasteiger partial charge in [-0.05, 0) is 55.3 Å². The van der Waals surface area contributed by atoms with Crippen LogP contribution < -0.4 is 4.90 Å². The zero-order valence-electron chi connectivity index (χ0n) is 10.5. The molecule has 3 heterocycles. The molecule has 4 rings (SSSR count). The number of aliphatic hydroxyl groups is 1. The molecule has 0 atom stereocenters. The molecule has 2 aliphatic heterocycles. The highest BCUT2D eigenvalue weighted by atomic mass is 127. The van der Waals surface area contributed by atoms with Crippen molar-refractivity contribution >= 4 is 28.4 Å². The van der Waals surface area contributed by atoms with E-state index in [4.69, 9.17) is 0 Å². The predicted octanol–water partition coefficient (Wildman–Crippen LogP) is 2.57. The first-order valence-electron chi connectivity index (χ1n) is 6.13. The van der Waals surface area contributed by atoms with Crippen molar-refractivity contribution in [2.75, 3.05) is 11.4 Å². The Balaban J connectivity index is 1.89. The first-order chi connectivity index (χ1) is 8.31. The zero-order valence-corrected chi connectivity index (χ0v) is 12.6. The van der Waals surface area contributed by atoms with Crippen molar-refractivity contribution in [2.24, 2.45) is 5.41 Å². The fourth-order valence-corrected chi connectivity index (χ4v) is 3.74. The number of rotatable bonds is 2. The minimum atomic E-state index is -0.682. The second-order valence-corrected chi connectivity index (χ2v) is 7.24. The van der Waals surface area contributed by atoms with Gasteiger partial charge in [0.1, 0.15) is 5.82 Å². The van der Waals surface area contributed by atoms with E-state index in [-0.39, 0.29) is 5.41 Å². The number of halogens is 2. The summed E-state index contributed by atoms with van der Waals surface area (Å²) in [4.78, 5) is 6.12. The molecule has 1 aromatic rings. The Labute approximate surface area is 120 Å². The van der Waals surface area contributed by atoms with Crippen molar-refractivity contribution < 1.29 is 9.50 Å². The highest BCUT2D eigenvalue weighted by molar-refractivity contribution is 14.1. The summed E-state index contributed by atoms with van der Waals surface area (Å²) in [5.41, 5.74) is -0.726. The van der Waals surface area contributed by atoms with E-state index in [0.29, 0.717) is 11.9 Å². The third-order valence-corrected chi connectivity index (χ3v) is 5.13. The van der Waals surface area contributed by atoms with Crippen LogP contribution in [0.15, 0.2) is 12.1 Å². The fraction of sp³-hybridized carbons (Fsp3) is 0.615. The maximum absolute atomic E-state index is 13.4. The molecule has 5 heteroatoms. The summed E-state index contributed by atoms with van der Waals surface area (Å²) >= 11 is 2.10. The first-order valence-corrected chi connectivity index (χ1v) is 7.21. The number of fused-ring (bicyclic) bond motifs is 1. The van der Waals surface area contributed by atoms with Crippen LogP contribution in [-0.2, 0) is 0 Å². The molecule has 0 radical (unpaired) electrons. The smallest absolute Gasteiger partial charge is 0.215 e. The van der Waals surface area contributed by atoms with E-state index in [1.54, 1.807) is 0 Å². The molecule has 0 unspecified atom stereocenters. The monoisotopic (exact) mass is 362 g/mol. The average molecular weight is 362 g/mol. The maximum atomic E-state index is 13.4. The quantitative estimate of drug-likeness (QED) is 0.649. The van der Waals surface area contributed by atoms with Gasteiger partial charge in [0.05, 0.1) is 5.60 Å². The van der Waals surface area contributed by atoms with Crippen molar-refractivity contribution in [2.45, 2.75) is 38.3 Å². The standard InChI is InChI=1S/C13H16FIN2O/c1-12(2,18)13-5-9(6-13)17(7-13)11-4-8(15)3-10(14)16-11/h3-4,9,18H,5-7H2,1-2H3. The van der Waals surface area contributed by atoms with Gasteiger partial charge in [0.25, 0.3) is 0 Å². The van der Waals surface area contributed by atoms with Gasteiger partial charge in [-0.1, -0.05) is 0 Å². The molecule has 0 aromatic carbocycles. The topological polar surface area (TPSA) is 36.4 Å². The van der Waals surface area contributed by atoms with E-state index in [2.05, 4.69) is 32.5 Å². The zero-order chi connectivity index (χ0) is 13.1. The van der Waals surface area contributed by atoms with Gasteiger partial charge in [-0.25, -0.2) is 4.98 Å². The lowest BCUT2D eigenvalue weighted by Crippen LogP contribution is -2.50. The second kappa shape index (κ2) is 3.79. The molecule has 0 amide bonds. The SMILES string of the molecule is CC(C)(O)C12CC(C1)N(c1cc(I)cc(F)n1)C2. The summed E-state index contributed by atoms with van der Waals surface area (Å²) in [5.74, 6) is 0.270. The predicted molar refractivity (Wildman–Crippen MR) is 76.0 cm³/mol. The Morgan fingerprint density at radius 2 is 2.17 bits per heavy atom. The van der Waals surface area contributed by atoms with Crippen molar-refractivity contribution in [3.63, 3.8) is 0 Å². The highest BCUT2D eigenvalue weighted by Crippen LogP contribution is 2.58. The fourth-order valence-electron chi connectivity index (χ4n) is 3.21. The molecular formula is C13H16FIN2O. The summed E-state index contributed by atoms with van der Waals surface area (Å²) in [7, 11) is 0. The summed E-state index contributed by atoms with van der Waals surface area (Å²) in [5, 5.41) is 10.3. The molecule has 98 valence electrons. The Hall–Kier alpha value is -0.430. The largest absolute Gasteiger partial charge is 0.390 e. The van der Waals surface area contributed by atoms with Gasteiger partial charge in [0.2, 0.25) is 5.95 Å². The molecule has 1 saturated carbocycles. The van der Waals surface area contributed by atoms with Crippen LogP contribution in [0, 0.1) is 14.9 Å². The third-order valence-electron chi connectivity index (χ3n) is 4.50. The normalized spacial score (nSPS) is 30.5. The van der Waals surface area contributed by atoms with Gasteiger partial charge in [0.15, 0.2) is 0 Å². The van der Waals surface area contributed by atoms with Crippen LogP contribution in [-0.4, -0.2) is 28.3 Å². The van der Waals surface area contributed by atoms with Crippen LogP contribution in [0.1, 0.15) is 26.7 Å². The Morgan fingerprint density at radius 1 is 1.50 bits per heavy atom. The summed E-state index contributed by atoms with van der Waals surface area (Å²) in [6.07, 6.45) is 1.95. The first kappa shape index (κ1) is 12.6. The van der Waals surface area contributed by atoms with Crippen molar-refractivity contribution in [3.8, 4) is 0 Å². The van der Waals surface area contributed by atoms with E-state index in [9.17, 15) is 9.50 Å². The van der Waals surface area contributed by atoms with E-state index >= 15 is 0 Å². The molecule has 0 spiro atoms. The van der Waals surface area contributed by atoms with Gasteiger partial charge >= 0.3 is 0 Å². The van der Waals surface area contributed by atoms with E-state index in [0.717, 1.165) is 23.0 Å². The maximum Gasteiger partial charge on any atom is 0.215 e. The van der Waals surface area contributed by atoms with Crippen LogP contribution in [0.2, 0.25) is 0 Å². The molecule has 1 N–H and O–H groups in total. The Morgan fingerprint density at radius 3 is 2.67 bits per heavy atom. The van der Waals surface area contributed by atoms with Crippen LogP contribution in [0.3, 0.4) is 0 Å². The van der Waals surface area contributed by atoms with Gasteiger partial charge < -0.3 is 10.0 Å². The lowest BCUT2D eigenvalue weighted by molar-refractivity contribution is -0.0754. The molecule has 2 saturated heterocycles. The molecule has 18 heavy (non-hydrogen) atoms. The number of hydrogen-bond acceptors (Lipinski definition) is 3. The molecule has 3 aliphatic rings. The van der Waals surface area contributed by atoms with Crippen LogP contribution in [0.25, 0.3) is 0 Å². The highest BCUT2D eigenvalue weighted by Gasteiger charge is 2.62. The molecule has 2 bridgehead atoms. The number of hydrogen-bond donors (Lipinski definition) is 1. The van der Waals surface area contributed by atoms with Crippen LogP contribution >= 0.6 is 22.6 Å². The number of pyridine rings is 1. The van der Waals surface area contributed by atoms with E-state index in [1.165, 1.54) is 6.07 Å². The Bertz CT molecular complexity index is 474. The number of nitrogens with zero attached hydrogens (tertiary/aromatic N) is 2. The minimum Gasteiger partial charge on any atom is -0.390 e. The van der Waals surface area contributed by atoms with Crippen molar-refractivity contribution in [3.05, 3.63) is 21.7 Å². The van der Waals surface area contributed by atoms with Gasteiger partial charge in [-0.2, -0.15) is 4.39 Å². The molecule has 1 aromatic heterocycles. The van der Waals surface area contributed by atoms with Gasteiger partial charge in [-0.3, -0.25) is 0 Å². The molecule has 1 aliphatic carbocycles. The third kappa shape index (κ3) is 1.74. The van der Waals surface area contributed by atoms with Crippen LogP contribution in [0.4, 0.5) is 10.2 Å². The summed E-state index contributed by atoms with van der Waals surface area (Å²) in [6, 6.07) is 3.74. The number of anilines is 1. The number of aromatic nitrogens is 1. The van der Waals surface area contributed by atoms with Crippen molar-refractivity contribution in [1.82, 2.24) is 4.98 Å². The minimum absolute atomic E-state index is 0.0445. The second-order valence-electron chi connectivity index (χ2n) is 6.00. The lowest BCUT2D eigenvalue weighted by atomic mass is 9.61. The molecular weight excluding hydrogens is 346 g/mol. The van der Waals surface area contributed by atoms with E-state index < -0.39 is 11.5 Å². The summed E-state index contributed by atoms with van der Waals surface area (Å²) in [6.45, 7) is 4.51. The van der Waals surface area contributed by atoms with Gasteiger partial charge in [-0.15, -0.1) is 0 Å². The van der Waals surface area contributed by atoms with E-state index in [1.807, 2.05) is 19.9 Å². The lowest BCUT2D eigenvalue weighted by Gasteiger charge is -2.45. The summed E-state index contributed by atoms with van der Waals surface area (Å²) < 4.78 is 14.2. The van der Waals surface area contributed by atoms with Crippen LogP contribution in [0.5, 0.6) is 0 Å². The molecule has 3 fully saturated rings. The Kier molecular flexibility index (Phi) is 2.65. The van der Waals surface area contributed by atoms with Gasteiger partial charge in [0, 0.05) is 27.6 Å². The average Bonchev–Trinajstić information content (AvgIpc) is 2.68. The molecule has 3 nitrogen and oxygen atoms in total. The van der Waals surface area contributed by atoms with Crippen molar-refractivity contribution in [1.29, 1.82) is 0 Å².